The summed E-state index contributed by atoms with van der Waals surface area (Å²) >= 11 is 0. The minimum absolute atomic E-state index is 0.175. The zero-order chi connectivity index (χ0) is 19.2. The van der Waals surface area contributed by atoms with Gasteiger partial charge in [-0.25, -0.2) is 4.98 Å². The highest BCUT2D eigenvalue weighted by Gasteiger charge is 2.09. The van der Waals surface area contributed by atoms with E-state index in [2.05, 4.69) is 15.6 Å². The van der Waals surface area contributed by atoms with Gasteiger partial charge in [-0.15, -0.1) is 0 Å². The van der Waals surface area contributed by atoms with Crippen LogP contribution in [0.1, 0.15) is 27.0 Å². The van der Waals surface area contributed by atoms with Crippen LogP contribution >= 0.6 is 0 Å². The molecule has 1 heterocycles. The molecule has 2 aromatic carbocycles. The number of rotatable bonds is 6. The maximum Gasteiger partial charge on any atom is 0.257 e. The van der Waals surface area contributed by atoms with Gasteiger partial charge in [0.05, 0.1) is 12.7 Å². The summed E-state index contributed by atoms with van der Waals surface area (Å²) in [7, 11) is 1.65. The van der Waals surface area contributed by atoms with Crippen LogP contribution in [0, 0.1) is 13.8 Å². The Labute approximate surface area is 159 Å². The minimum Gasteiger partial charge on any atom is -0.496 e. The molecule has 0 saturated heterocycles. The molecule has 0 aliphatic rings. The molecule has 3 aromatic rings. The first-order chi connectivity index (χ1) is 13.1. The molecule has 5 nitrogen and oxygen atoms in total. The standard InChI is InChI=1S/C22H23N3O2/c1-15-8-10-19(16(2)12-15)25-22(26)18-9-11-21(24-14-18)23-13-17-6-4-5-7-20(17)27-3/h4-12,14H,13H2,1-3H3,(H,23,24)(H,25,26). The van der Waals surface area contributed by atoms with Crippen LogP contribution in [-0.2, 0) is 6.54 Å². The van der Waals surface area contributed by atoms with Crippen LogP contribution in [0.25, 0.3) is 0 Å². The van der Waals surface area contributed by atoms with Crippen molar-refractivity contribution >= 4 is 17.4 Å². The predicted octanol–water partition coefficient (Wildman–Crippen LogP) is 4.57. The van der Waals surface area contributed by atoms with Crippen molar-refractivity contribution < 1.29 is 9.53 Å². The second kappa shape index (κ2) is 8.36. The van der Waals surface area contributed by atoms with Gasteiger partial charge in [-0.1, -0.05) is 35.9 Å². The third kappa shape index (κ3) is 4.64. The Balaban J connectivity index is 1.63. The fourth-order valence-corrected chi connectivity index (χ4v) is 2.82. The van der Waals surface area contributed by atoms with E-state index in [1.165, 1.54) is 0 Å². The molecule has 3 rings (SSSR count). The first-order valence-electron chi connectivity index (χ1n) is 8.77. The Hall–Kier alpha value is -3.34. The van der Waals surface area contributed by atoms with Gasteiger partial charge in [0.15, 0.2) is 0 Å². The molecular formula is C22H23N3O2. The number of anilines is 2. The number of aryl methyl sites for hydroxylation is 2. The smallest absolute Gasteiger partial charge is 0.257 e. The van der Waals surface area contributed by atoms with E-state index >= 15 is 0 Å². The molecule has 138 valence electrons. The first-order valence-corrected chi connectivity index (χ1v) is 8.77. The highest BCUT2D eigenvalue weighted by molar-refractivity contribution is 6.04. The van der Waals surface area contributed by atoms with Crippen LogP contribution in [0.4, 0.5) is 11.5 Å². The molecule has 1 amide bonds. The summed E-state index contributed by atoms with van der Waals surface area (Å²) in [6.45, 7) is 4.59. The molecule has 2 N–H and O–H groups in total. The second-order valence-electron chi connectivity index (χ2n) is 6.37. The maximum atomic E-state index is 12.4. The van der Waals surface area contributed by atoms with Crippen LogP contribution < -0.4 is 15.4 Å². The van der Waals surface area contributed by atoms with E-state index in [0.717, 1.165) is 28.1 Å². The Kier molecular flexibility index (Phi) is 5.71. The van der Waals surface area contributed by atoms with Crippen LogP contribution in [0.15, 0.2) is 60.8 Å². The number of carbonyl (C=O) groups is 1. The van der Waals surface area contributed by atoms with Gasteiger partial charge in [0, 0.05) is 24.0 Å². The number of hydrogen-bond acceptors (Lipinski definition) is 4. The van der Waals surface area contributed by atoms with Gasteiger partial charge in [0.2, 0.25) is 0 Å². The van der Waals surface area contributed by atoms with Crippen molar-refractivity contribution in [1.29, 1.82) is 0 Å². The molecule has 0 bridgehead atoms. The van der Waals surface area contributed by atoms with Crippen LogP contribution in [0.3, 0.4) is 0 Å². The van der Waals surface area contributed by atoms with Gasteiger partial charge >= 0.3 is 0 Å². The number of methoxy groups -OCH3 is 1. The van der Waals surface area contributed by atoms with Crippen molar-refractivity contribution in [2.24, 2.45) is 0 Å². The molecule has 0 atom stereocenters. The van der Waals surface area contributed by atoms with Crippen molar-refractivity contribution in [3.8, 4) is 5.75 Å². The van der Waals surface area contributed by atoms with Gasteiger partial charge in [0.1, 0.15) is 11.6 Å². The van der Waals surface area contributed by atoms with E-state index < -0.39 is 0 Å². The third-order valence-corrected chi connectivity index (χ3v) is 4.31. The van der Waals surface area contributed by atoms with Gasteiger partial charge < -0.3 is 15.4 Å². The molecule has 5 heteroatoms. The number of hydrogen-bond donors (Lipinski definition) is 2. The third-order valence-electron chi connectivity index (χ3n) is 4.31. The molecule has 0 aliphatic carbocycles. The average Bonchev–Trinajstić information content (AvgIpc) is 2.69. The van der Waals surface area contributed by atoms with E-state index in [0.29, 0.717) is 17.9 Å². The topological polar surface area (TPSA) is 63.2 Å². The summed E-state index contributed by atoms with van der Waals surface area (Å²) in [5.74, 6) is 1.35. The van der Waals surface area contributed by atoms with Gasteiger partial charge in [-0.05, 0) is 43.7 Å². The maximum absolute atomic E-state index is 12.4. The Bertz CT molecular complexity index is 937. The highest BCUT2D eigenvalue weighted by Crippen LogP contribution is 2.19. The van der Waals surface area contributed by atoms with Crippen molar-refractivity contribution in [2.45, 2.75) is 20.4 Å². The number of nitrogens with one attached hydrogen (secondary N) is 2. The Morgan fingerprint density at radius 1 is 1.07 bits per heavy atom. The SMILES string of the molecule is COc1ccccc1CNc1ccc(C(=O)Nc2ccc(C)cc2C)cn1. The average molecular weight is 361 g/mol. The fraction of sp³-hybridized carbons (Fsp3) is 0.182. The zero-order valence-corrected chi connectivity index (χ0v) is 15.7. The summed E-state index contributed by atoms with van der Waals surface area (Å²) in [5, 5.41) is 6.17. The van der Waals surface area contributed by atoms with Crippen molar-refractivity contribution in [3.05, 3.63) is 83.0 Å². The molecule has 0 saturated carbocycles. The van der Waals surface area contributed by atoms with E-state index in [9.17, 15) is 4.79 Å². The second-order valence-corrected chi connectivity index (χ2v) is 6.37. The molecule has 0 fully saturated rings. The summed E-state index contributed by atoms with van der Waals surface area (Å²) in [5.41, 5.74) is 4.56. The quantitative estimate of drug-likeness (QED) is 0.675. The van der Waals surface area contributed by atoms with Crippen molar-refractivity contribution in [2.75, 3.05) is 17.7 Å². The van der Waals surface area contributed by atoms with E-state index in [4.69, 9.17) is 4.74 Å². The van der Waals surface area contributed by atoms with Gasteiger partial charge in [-0.3, -0.25) is 4.79 Å². The van der Waals surface area contributed by atoms with Crippen molar-refractivity contribution in [1.82, 2.24) is 4.98 Å². The lowest BCUT2D eigenvalue weighted by Gasteiger charge is -2.11. The molecule has 27 heavy (non-hydrogen) atoms. The number of amides is 1. The number of benzene rings is 2. The number of nitrogens with zero attached hydrogens (tertiary/aromatic N) is 1. The fourth-order valence-electron chi connectivity index (χ4n) is 2.82. The lowest BCUT2D eigenvalue weighted by Crippen LogP contribution is -2.13. The summed E-state index contributed by atoms with van der Waals surface area (Å²) in [6, 6.07) is 17.3. The monoisotopic (exact) mass is 361 g/mol. The Morgan fingerprint density at radius 2 is 1.89 bits per heavy atom. The number of para-hydroxylation sites is 1. The van der Waals surface area contributed by atoms with Gasteiger partial charge in [0.25, 0.3) is 5.91 Å². The first kappa shape index (κ1) is 18.5. The normalized spacial score (nSPS) is 10.3. The predicted molar refractivity (Wildman–Crippen MR) is 108 cm³/mol. The molecule has 0 unspecified atom stereocenters. The van der Waals surface area contributed by atoms with Gasteiger partial charge in [-0.2, -0.15) is 0 Å². The molecule has 0 radical (unpaired) electrons. The largest absolute Gasteiger partial charge is 0.496 e. The molecular weight excluding hydrogens is 338 g/mol. The minimum atomic E-state index is -0.175. The zero-order valence-electron chi connectivity index (χ0n) is 15.7. The summed E-state index contributed by atoms with van der Waals surface area (Å²) < 4.78 is 5.34. The van der Waals surface area contributed by atoms with E-state index in [1.54, 1.807) is 25.4 Å². The van der Waals surface area contributed by atoms with Crippen LogP contribution in [0.2, 0.25) is 0 Å². The lowest BCUT2D eigenvalue weighted by atomic mass is 10.1. The Morgan fingerprint density at radius 3 is 2.59 bits per heavy atom. The number of pyridine rings is 1. The van der Waals surface area contributed by atoms with Crippen molar-refractivity contribution in [3.63, 3.8) is 0 Å². The molecule has 1 aromatic heterocycles. The molecule has 0 spiro atoms. The molecule has 0 aliphatic heterocycles. The van der Waals surface area contributed by atoms with E-state index in [1.807, 2.05) is 56.3 Å². The number of aromatic nitrogens is 1. The number of ether oxygens (including phenoxy) is 1. The number of carbonyl (C=O) groups excluding carboxylic acids is 1. The van der Waals surface area contributed by atoms with Crippen LogP contribution in [0.5, 0.6) is 5.75 Å². The van der Waals surface area contributed by atoms with E-state index in [-0.39, 0.29) is 5.91 Å². The lowest BCUT2D eigenvalue weighted by molar-refractivity contribution is 0.102. The summed E-state index contributed by atoms with van der Waals surface area (Å²) in [4.78, 5) is 16.8. The van der Waals surface area contributed by atoms with Crippen LogP contribution in [-0.4, -0.2) is 18.0 Å². The summed E-state index contributed by atoms with van der Waals surface area (Å²) in [6.07, 6.45) is 1.57. The highest BCUT2D eigenvalue weighted by atomic mass is 16.5.